The van der Waals surface area contributed by atoms with E-state index >= 15 is 0 Å². The Balaban J connectivity index is 1.69. The van der Waals surface area contributed by atoms with Crippen LogP contribution in [0.2, 0.25) is 5.02 Å². The Hall–Kier alpha value is -1.39. The molecule has 1 aliphatic heterocycles. The fraction of sp³-hybridized carbons (Fsp3) is 0.368. The summed E-state index contributed by atoms with van der Waals surface area (Å²) >= 11 is 6.25. The molecule has 23 heavy (non-hydrogen) atoms. The van der Waals surface area contributed by atoms with Crippen molar-refractivity contribution in [2.75, 3.05) is 13.1 Å². The van der Waals surface area contributed by atoms with Gasteiger partial charge in [-0.05, 0) is 35.6 Å². The van der Waals surface area contributed by atoms with Gasteiger partial charge in [-0.2, -0.15) is 0 Å². The van der Waals surface area contributed by atoms with Crippen molar-refractivity contribution in [1.29, 1.82) is 0 Å². The molecule has 3 rings (SSSR count). The lowest BCUT2D eigenvalue weighted by molar-refractivity contribution is -0.0283. The third-order valence-corrected chi connectivity index (χ3v) is 5.14. The van der Waals surface area contributed by atoms with Gasteiger partial charge < -0.3 is 10.8 Å². The number of hydrogen-bond donors (Lipinski definition) is 2. The van der Waals surface area contributed by atoms with Crippen molar-refractivity contribution in [3.8, 4) is 0 Å². The van der Waals surface area contributed by atoms with E-state index < -0.39 is 5.60 Å². The van der Waals surface area contributed by atoms with E-state index in [1.54, 1.807) is 0 Å². The molecule has 0 spiro atoms. The molecule has 0 atom stereocenters. The van der Waals surface area contributed by atoms with Crippen LogP contribution in [0.25, 0.3) is 0 Å². The molecule has 0 aliphatic carbocycles. The second-order valence-corrected chi connectivity index (χ2v) is 6.67. The normalized spacial score (nSPS) is 18.0. The molecule has 0 amide bonds. The van der Waals surface area contributed by atoms with Crippen LogP contribution in [-0.4, -0.2) is 23.1 Å². The topological polar surface area (TPSA) is 49.5 Å². The first-order chi connectivity index (χ1) is 11.1. The van der Waals surface area contributed by atoms with Crippen molar-refractivity contribution in [2.45, 2.75) is 31.5 Å². The maximum atomic E-state index is 11.1. The highest BCUT2D eigenvalue weighted by molar-refractivity contribution is 6.31. The van der Waals surface area contributed by atoms with E-state index in [1.807, 2.05) is 42.5 Å². The molecule has 1 saturated heterocycles. The maximum absolute atomic E-state index is 11.1. The number of halogens is 1. The van der Waals surface area contributed by atoms with Crippen LogP contribution in [0.15, 0.2) is 48.5 Å². The van der Waals surface area contributed by atoms with Crippen molar-refractivity contribution in [3.05, 3.63) is 70.2 Å². The number of piperidine rings is 1. The molecule has 1 aliphatic rings. The Kier molecular flexibility index (Phi) is 5.02. The number of benzene rings is 2. The highest BCUT2D eigenvalue weighted by Gasteiger charge is 2.35. The zero-order valence-corrected chi connectivity index (χ0v) is 14.0. The lowest BCUT2D eigenvalue weighted by Gasteiger charge is -2.39. The fourth-order valence-corrected chi connectivity index (χ4v) is 3.57. The summed E-state index contributed by atoms with van der Waals surface area (Å²) in [5.41, 5.74) is 8.22. The van der Waals surface area contributed by atoms with Gasteiger partial charge in [0.1, 0.15) is 0 Å². The Morgan fingerprint density at radius 3 is 2.26 bits per heavy atom. The summed E-state index contributed by atoms with van der Waals surface area (Å²) in [5, 5.41) is 11.9. The van der Waals surface area contributed by atoms with Crippen LogP contribution in [-0.2, 0) is 18.7 Å². The van der Waals surface area contributed by atoms with Crippen LogP contribution in [0.1, 0.15) is 29.5 Å². The minimum Gasteiger partial charge on any atom is -0.385 e. The molecule has 3 N–H and O–H groups in total. The first-order valence-electron chi connectivity index (χ1n) is 8.09. The van der Waals surface area contributed by atoms with Gasteiger partial charge in [0.05, 0.1) is 5.60 Å². The number of likely N-dealkylation sites (tertiary alicyclic amines) is 1. The van der Waals surface area contributed by atoms with Gasteiger partial charge in [0.25, 0.3) is 0 Å². The van der Waals surface area contributed by atoms with Crippen LogP contribution in [0, 0.1) is 0 Å². The van der Waals surface area contributed by atoms with Gasteiger partial charge in [0.15, 0.2) is 0 Å². The monoisotopic (exact) mass is 330 g/mol. The van der Waals surface area contributed by atoms with Crippen LogP contribution in [0.4, 0.5) is 0 Å². The number of aliphatic hydroxyl groups is 1. The first-order valence-corrected chi connectivity index (χ1v) is 8.47. The quantitative estimate of drug-likeness (QED) is 0.904. The van der Waals surface area contributed by atoms with Crippen molar-refractivity contribution in [1.82, 2.24) is 4.90 Å². The van der Waals surface area contributed by atoms with Gasteiger partial charge in [0.2, 0.25) is 0 Å². The molecule has 0 saturated carbocycles. The summed E-state index contributed by atoms with van der Waals surface area (Å²) in [6, 6.07) is 15.9. The molecule has 0 aromatic heterocycles. The minimum atomic E-state index is -0.771. The summed E-state index contributed by atoms with van der Waals surface area (Å²) in [6.07, 6.45) is 1.43. The van der Waals surface area contributed by atoms with Gasteiger partial charge in [-0.3, -0.25) is 4.90 Å². The smallest absolute Gasteiger partial charge is 0.0924 e. The average Bonchev–Trinajstić information content (AvgIpc) is 2.59. The third-order valence-electron chi connectivity index (χ3n) is 4.77. The Morgan fingerprint density at radius 2 is 1.61 bits per heavy atom. The highest BCUT2D eigenvalue weighted by Crippen LogP contribution is 2.35. The second kappa shape index (κ2) is 7.02. The molecular formula is C19H23ClN2O. The Bertz CT molecular complexity index is 666. The van der Waals surface area contributed by atoms with Gasteiger partial charge >= 0.3 is 0 Å². The zero-order chi connectivity index (χ0) is 16.3. The van der Waals surface area contributed by atoms with E-state index in [0.717, 1.165) is 41.3 Å². The molecule has 1 heterocycles. The molecule has 0 radical (unpaired) electrons. The van der Waals surface area contributed by atoms with Crippen LogP contribution in [0.3, 0.4) is 0 Å². The van der Waals surface area contributed by atoms with Gasteiger partial charge in [-0.15, -0.1) is 0 Å². The zero-order valence-electron chi connectivity index (χ0n) is 13.2. The molecule has 2 aromatic carbocycles. The fourth-order valence-electron chi connectivity index (χ4n) is 3.37. The summed E-state index contributed by atoms with van der Waals surface area (Å²) in [6.45, 7) is 2.98. The summed E-state index contributed by atoms with van der Waals surface area (Å²) in [7, 11) is 0. The summed E-state index contributed by atoms with van der Waals surface area (Å²) in [5.74, 6) is 0. The number of hydrogen-bond acceptors (Lipinski definition) is 3. The number of rotatable bonds is 4. The van der Waals surface area contributed by atoms with E-state index in [2.05, 4.69) is 11.0 Å². The lowest BCUT2D eigenvalue weighted by Crippen LogP contribution is -2.42. The maximum Gasteiger partial charge on any atom is 0.0924 e. The summed E-state index contributed by atoms with van der Waals surface area (Å²) < 4.78 is 0. The standard InChI is InChI=1S/C19H23ClN2O/c20-18-8-4-2-6-16(18)14-22-11-9-19(23,10-12-22)17-7-3-1-5-15(17)13-21/h1-8,23H,9-14,21H2. The largest absolute Gasteiger partial charge is 0.385 e. The molecule has 0 bridgehead atoms. The second-order valence-electron chi connectivity index (χ2n) is 6.26. The van der Waals surface area contributed by atoms with E-state index in [4.69, 9.17) is 17.3 Å². The predicted octanol–water partition coefficient (Wildman–Crippen LogP) is 3.28. The molecule has 1 fully saturated rings. The lowest BCUT2D eigenvalue weighted by atomic mass is 9.82. The third kappa shape index (κ3) is 3.59. The summed E-state index contributed by atoms with van der Waals surface area (Å²) in [4.78, 5) is 2.35. The van der Waals surface area contributed by atoms with E-state index in [-0.39, 0.29) is 0 Å². The Labute approximate surface area is 142 Å². The van der Waals surface area contributed by atoms with E-state index in [1.165, 1.54) is 0 Å². The molecule has 3 nitrogen and oxygen atoms in total. The molecule has 0 unspecified atom stereocenters. The molecule has 122 valence electrons. The van der Waals surface area contributed by atoms with E-state index in [9.17, 15) is 5.11 Å². The number of nitrogens with two attached hydrogens (primary N) is 1. The first kappa shape index (κ1) is 16.5. The Morgan fingerprint density at radius 1 is 1.00 bits per heavy atom. The van der Waals surface area contributed by atoms with Gasteiger partial charge in [0, 0.05) is 31.2 Å². The minimum absolute atomic E-state index is 0.460. The van der Waals surface area contributed by atoms with Crippen LogP contribution in [0.5, 0.6) is 0 Å². The van der Waals surface area contributed by atoms with Gasteiger partial charge in [-0.1, -0.05) is 54.1 Å². The van der Waals surface area contributed by atoms with Crippen molar-refractivity contribution in [2.24, 2.45) is 5.73 Å². The van der Waals surface area contributed by atoms with Crippen molar-refractivity contribution in [3.63, 3.8) is 0 Å². The predicted molar refractivity (Wildman–Crippen MR) is 94.2 cm³/mol. The van der Waals surface area contributed by atoms with E-state index in [0.29, 0.717) is 19.4 Å². The van der Waals surface area contributed by atoms with Crippen molar-refractivity contribution < 1.29 is 5.11 Å². The van der Waals surface area contributed by atoms with Crippen molar-refractivity contribution >= 4 is 11.6 Å². The molecular weight excluding hydrogens is 308 g/mol. The molecule has 4 heteroatoms. The highest BCUT2D eigenvalue weighted by atomic mass is 35.5. The average molecular weight is 331 g/mol. The number of nitrogens with zero attached hydrogens (tertiary/aromatic N) is 1. The SMILES string of the molecule is NCc1ccccc1C1(O)CCN(Cc2ccccc2Cl)CC1. The molecule has 2 aromatic rings. The van der Waals surface area contributed by atoms with Gasteiger partial charge in [-0.25, -0.2) is 0 Å². The van der Waals surface area contributed by atoms with Crippen LogP contribution < -0.4 is 5.73 Å². The van der Waals surface area contributed by atoms with Crippen LogP contribution >= 0.6 is 11.6 Å².